The second-order valence-corrected chi connectivity index (χ2v) is 7.49. The van der Waals surface area contributed by atoms with Crippen LogP contribution in [0.5, 0.6) is 0 Å². The lowest BCUT2D eigenvalue weighted by atomic mass is 9.88. The van der Waals surface area contributed by atoms with Gasteiger partial charge in [0.2, 0.25) is 0 Å². The average Bonchev–Trinajstić information content (AvgIpc) is 3.29. The van der Waals surface area contributed by atoms with E-state index in [0.29, 0.717) is 36.1 Å². The van der Waals surface area contributed by atoms with E-state index in [-0.39, 0.29) is 11.2 Å². The van der Waals surface area contributed by atoms with Crippen LogP contribution in [0.15, 0.2) is 9.59 Å². The Balaban J connectivity index is 1.88. The number of hydrogen-bond acceptors (Lipinski definition) is 3. The minimum absolute atomic E-state index is 0.217. The molecule has 0 amide bonds. The topological polar surface area (TPSA) is 72.7 Å². The summed E-state index contributed by atoms with van der Waals surface area (Å²) in [6.07, 6.45) is 6.68. The van der Waals surface area contributed by atoms with Gasteiger partial charge in [-0.25, -0.2) is 9.78 Å². The highest BCUT2D eigenvalue weighted by Gasteiger charge is 2.41. The second-order valence-electron chi connectivity index (χ2n) is 7.49. The van der Waals surface area contributed by atoms with Gasteiger partial charge in [0, 0.05) is 19.0 Å². The molecule has 2 aromatic heterocycles. The molecule has 0 aliphatic heterocycles. The number of imidazole rings is 1. The lowest BCUT2D eigenvalue weighted by Gasteiger charge is -2.18. The maximum absolute atomic E-state index is 12.8. The Morgan fingerprint density at radius 3 is 2.46 bits per heavy atom. The Morgan fingerprint density at radius 1 is 1.08 bits per heavy atom. The van der Waals surface area contributed by atoms with Crippen LogP contribution in [0.2, 0.25) is 0 Å². The van der Waals surface area contributed by atoms with Crippen LogP contribution in [0.4, 0.5) is 0 Å². The lowest BCUT2D eigenvalue weighted by molar-refractivity contribution is 0.408. The fourth-order valence-electron chi connectivity index (χ4n) is 4.79. The Bertz CT molecular complexity index is 875. The Labute approximate surface area is 140 Å². The number of fused-ring (bicyclic) bond motifs is 3. The molecule has 2 bridgehead atoms. The van der Waals surface area contributed by atoms with Crippen molar-refractivity contribution >= 4 is 11.2 Å². The van der Waals surface area contributed by atoms with Crippen LogP contribution in [0.25, 0.3) is 11.2 Å². The van der Waals surface area contributed by atoms with E-state index in [2.05, 4.69) is 4.98 Å². The molecule has 1 unspecified atom stereocenters. The zero-order chi connectivity index (χ0) is 16.8. The van der Waals surface area contributed by atoms with Gasteiger partial charge in [-0.15, -0.1) is 0 Å². The van der Waals surface area contributed by atoms with Crippen molar-refractivity contribution in [3.05, 3.63) is 26.7 Å². The zero-order valence-electron chi connectivity index (χ0n) is 14.5. The maximum atomic E-state index is 12.8. The summed E-state index contributed by atoms with van der Waals surface area (Å²) in [5, 5.41) is 0. The molecule has 1 N–H and O–H groups in total. The number of aromatic amines is 1. The minimum atomic E-state index is -0.220. The fourth-order valence-corrected chi connectivity index (χ4v) is 4.79. The van der Waals surface area contributed by atoms with E-state index >= 15 is 0 Å². The van der Waals surface area contributed by atoms with Crippen molar-refractivity contribution in [1.29, 1.82) is 0 Å². The van der Waals surface area contributed by atoms with Crippen LogP contribution in [-0.4, -0.2) is 19.1 Å². The predicted octanol–water partition coefficient (Wildman–Crippen LogP) is 2.61. The first-order valence-corrected chi connectivity index (χ1v) is 9.37. The van der Waals surface area contributed by atoms with E-state index in [0.717, 1.165) is 24.6 Å². The van der Waals surface area contributed by atoms with E-state index < -0.39 is 0 Å². The quantitative estimate of drug-likeness (QED) is 0.916. The molecular weight excluding hydrogens is 304 g/mol. The highest BCUT2D eigenvalue weighted by Crippen LogP contribution is 2.52. The smallest absolute Gasteiger partial charge is 0.332 e. The highest BCUT2D eigenvalue weighted by atomic mass is 16.2. The van der Waals surface area contributed by atoms with Gasteiger partial charge < -0.3 is 4.98 Å². The van der Waals surface area contributed by atoms with Crippen molar-refractivity contribution in [2.75, 3.05) is 0 Å². The van der Waals surface area contributed by atoms with Gasteiger partial charge in [0.1, 0.15) is 11.3 Å². The van der Waals surface area contributed by atoms with E-state index in [4.69, 9.17) is 4.98 Å². The highest BCUT2D eigenvalue weighted by molar-refractivity contribution is 5.70. The third kappa shape index (κ3) is 2.26. The van der Waals surface area contributed by atoms with Crippen LogP contribution in [0.3, 0.4) is 0 Å². The first-order chi connectivity index (χ1) is 11.6. The molecule has 2 aliphatic rings. The van der Waals surface area contributed by atoms with E-state index in [1.807, 2.05) is 13.8 Å². The molecule has 3 atom stereocenters. The summed E-state index contributed by atoms with van der Waals surface area (Å²) in [6, 6.07) is 0. The van der Waals surface area contributed by atoms with Crippen molar-refractivity contribution in [3.63, 3.8) is 0 Å². The van der Waals surface area contributed by atoms with Crippen LogP contribution in [0, 0.1) is 11.8 Å². The number of rotatable bonds is 5. The first kappa shape index (κ1) is 15.7. The lowest BCUT2D eigenvalue weighted by Crippen LogP contribution is -2.40. The molecule has 2 saturated carbocycles. The molecule has 130 valence electrons. The normalized spacial score (nSPS) is 25.8. The monoisotopic (exact) mass is 330 g/mol. The van der Waals surface area contributed by atoms with Gasteiger partial charge in [0.15, 0.2) is 5.65 Å². The number of nitrogens with one attached hydrogen (secondary N) is 1. The maximum Gasteiger partial charge on any atom is 0.332 e. The third-order valence-corrected chi connectivity index (χ3v) is 5.86. The summed E-state index contributed by atoms with van der Waals surface area (Å²) in [6.45, 7) is 5.07. The average molecular weight is 330 g/mol. The van der Waals surface area contributed by atoms with Gasteiger partial charge in [0.25, 0.3) is 5.56 Å². The molecule has 2 heterocycles. The second kappa shape index (κ2) is 5.90. The minimum Gasteiger partial charge on any atom is -0.336 e. The molecule has 2 aromatic rings. The number of H-pyrrole nitrogens is 1. The van der Waals surface area contributed by atoms with Crippen molar-refractivity contribution < 1.29 is 0 Å². The summed E-state index contributed by atoms with van der Waals surface area (Å²) < 4.78 is 3.04. The molecule has 24 heavy (non-hydrogen) atoms. The van der Waals surface area contributed by atoms with Gasteiger partial charge in [0.05, 0.1) is 0 Å². The van der Waals surface area contributed by atoms with Gasteiger partial charge in [-0.2, -0.15) is 0 Å². The molecule has 6 nitrogen and oxygen atoms in total. The molecule has 0 spiro atoms. The summed E-state index contributed by atoms with van der Waals surface area (Å²) >= 11 is 0. The zero-order valence-corrected chi connectivity index (χ0v) is 14.5. The summed E-state index contributed by atoms with van der Waals surface area (Å²) in [5.74, 6) is 2.87. The van der Waals surface area contributed by atoms with Gasteiger partial charge in [-0.1, -0.05) is 20.3 Å². The van der Waals surface area contributed by atoms with Crippen molar-refractivity contribution in [2.24, 2.45) is 11.8 Å². The number of nitrogens with zero attached hydrogens (tertiary/aromatic N) is 3. The van der Waals surface area contributed by atoms with Crippen molar-refractivity contribution in [1.82, 2.24) is 19.1 Å². The Kier molecular flexibility index (Phi) is 3.85. The molecule has 4 rings (SSSR count). The molecule has 0 aromatic carbocycles. The molecular formula is C18H26N4O2. The SMILES string of the molecule is CCCn1c(=O)c2[nH]c([C@H]3CC4CC[C@@H]3C4)nc2n(CCC)c1=O. The summed E-state index contributed by atoms with van der Waals surface area (Å²) in [5.41, 5.74) is 0.625. The van der Waals surface area contributed by atoms with Gasteiger partial charge in [-0.3, -0.25) is 13.9 Å². The largest absolute Gasteiger partial charge is 0.336 e. The molecule has 2 aliphatic carbocycles. The third-order valence-electron chi connectivity index (χ3n) is 5.86. The Morgan fingerprint density at radius 2 is 1.83 bits per heavy atom. The fraction of sp³-hybridized carbons (Fsp3) is 0.722. The Hall–Kier alpha value is -1.85. The number of aryl methyl sites for hydroxylation is 1. The standard InChI is InChI=1S/C18H26N4O2/c1-3-7-21-16-14(17(23)22(8-4-2)18(21)24)19-15(20-16)13-10-11-5-6-12(13)9-11/h11-13H,3-10H2,1-2H3,(H,19,20)/t11?,12-,13+/m1/s1. The van der Waals surface area contributed by atoms with E-state index in [9.17, 15) is 9.59 Å². The van der Waals surface area contributed by atoms with Gasteiger partial charge in [-0.05, 0) is 43.9 Å². The predicted molar refractivity (Wildman–Crippen MR) is 93.4 cm³/mol. The van der Waals surface area contributed by atoms with Crippen molar-refractivity contribution in [2.45, 2.75) is 71.4 Å². The molecule has 6 heteroatoms. The van der Waals surface area contributed by atoms with Crippen LogP contribution < -0.4 is 11.2 Å². The van der Waals surface area contributed by atoms with Crippen LogP contribution >= 0.6 is 0 Å². The van der Waals surface area contributed by atoms with Crippen molar-refractivity contribution in [3.8, 4) is 0 Å². The molecule has 0 radical (unpaired) electrons. The summed E-state index contributed by atoms with van der Waals surface area (Å²) in [4.78, 5) is 33.5. The van der Waals surface area contributed by atoms with Gasteiger partial charge >= 0.3 is 5.69 Å². The van der Waals surface area contributed by atoms with E-state index in [1.54, 1.807) is 4.57 Å². The first-order valence-electron chi connectivity index (χ1n) is 9.37. The number of hydrogen-bond donors (Lipinski definition) is 1. The van der Waals surface area contributed by atoms with Crippen LogP contribution in [0.1, 0.15) is 64.1 Å². The molecule has 2 fully saturated rings. The number of aromatic nitrogens is 4. The van der Waals surface area contributed by atoms with Crippen LogP contribution in [-0.2, 0) is 13.1 Å². The van der Waals surface area contributed by atoms with E-state index in [1.165, 1.54) is 30.3 Å². The molecule has 0 saturated heterocycles. The summed E-state index contributed by atoms with van der Waals surface area (Å²) in [7, 11) is 0.